The SMILES string of the molecule is CC(N)c1nc(C(=O)N(C)CCC(=O)O)cs1. The second-order valence-corrected chi connectivity index (χ2v) is 4.62. The maximum atomic E-state index is 11.8. The number of rotatable bonds is 5. The molecule has 0 aliphatic carbocycles. The summed E-state index contributed by atoms with van der Waals surface area (Å²) >= 11 is 1.33. The summed E-state index contributed by atoms with van der Waals surface area (Å²) in [4.78, 5) is 27.7. The van der Waals surface area contributed by atoms with Gasteiger partial charge >= 0.3 is 5.97 Å². The van der Waals surface area contributed by atoms with Crippen molar-refractivity contribution in [3.05, 3.63) is 16.1 Å². The molecule has 0 saturated heterocycles. The minimum Gasteiger partial charge on any atom is -0.481 e. The fraction of sp³-hybridized carbons (Fsp3) is 0.500. The molecule has 1 aromatic rings. The van der Waals surface area contributed by atoms with Gasteiger partial charge in [-0.25, -0.2) is 4.98 Å². The lowest BCUT2D eigenvalue weighted by molar-refractivity contribution is -0.137. The van der Waals surface area contributed by atoms with Crippen LogP contribution in [0.25, 0.3) is 0 Å². The number of nitrogens with two attached hydrogens (primary N) is 1. The molecule has 1 atom stereocenters. The first kappa shape index (κ1) is 13.6. The molecule has 0 fully saturated rings. The number of amides is 1. The Morgan fingerprint density at radius 1 is 1.65 bits per heavy atom. The fourth-order valence-electron chi connectivity index (χ4n) is 1.16. The van der Waals surface area contributed by atoms with Crippen LogP contribution in [0.1, 0.15) is 34.9 Å². The van der Waals surface area contributed by atoms with Gasteiger partial charge in [-0.3, -0.25) is 9.59 Å². The van der Waals surface area contributed by atoms with Crippen LogP contribution in [-0.4, -0.2) is 40.5 Å². The van der Waals surface area contributed by atoms with Gasteiger partial charge in [0, 0.05) is 19.0 Å². The first-order chi connectivity index (χ1) is 7.91. The second kappa shape index (κ2) is 5.74. The molecule has 0 radical (unpaired) electrons. The summed E-state index contributed by atoms with van der Waals surface area (Å²) < 4.78 is 0. The second-order valence-electron chi connectivity index (χ2n) is 3.73. The Labute approximate surface area is 103 Å². The molecule has 0 aliphatic heterocycles. The van der Waals surface area contributed by atoms with Crippen molar-refractivity contribution in [3.63, 3.8) is 0 Å². The highest BCUT2D eigenvalue weighted by Gasteiger charge is 2.17. The van der Waals surface area contributed by atoms with Crippen LogP contribution in [0.3, 0.4) is 0 Å². The average molecular weight is 257 g/mol. The van der Waals surface area contributed by atoms with Gasteiger partial charge < -0.3 is 15.7 Å². The molecule has 6 nitrogen and oxygen atoms in total. The van der Waals surface area contributed by atoms with Crippen LogP contribution in [-0.2, 0) is 4.79 Å². The minimum absolute atomic E-state index is 0.0769. The van der Waals surface area contributed by atoms with E-state index in [1.807, 2.05) is 0 Å². The molecule has 1 unspecified atom stereocenters. The molecule has 3 N–H and O–H groups in total. The van der Waals surface area contributed by atoms with Crippen molar-refractivity contribution in [2.45, 2.75) is 19.4 Å². The number of nitrogens with zero attached hydrogens (tertiary/aromatic N) is 2. The van der Waals surface area contributed by atoms with Gasteiger partial charge in [-0.05, 0) is 6.92 Å². The molecule has 1 heterocycles. The molecule has 0 bridgehead atoms. The van der Waals surface area contributed by atoms with Gasteiger partial charge in [-0.2, -0.15) is 0 Å². The van der Waals surface area contributed by atoms with Crippen LogP contribution >= 0.6 is 11.3 Å². The van der Waals surface area contributed by atoms with Crippen molar-refractivity contribution in [2.24, 2.45) is 5.73 Å². The Balaban J connectivity index is 2.64. The van der Waals surface area contributed by atoms with E-state index in [0.29, 0.717) is 10.7 Å². The van der Waals surface area contributed by atoms with Crippen molar-refractivity contribution in [1.29, 1.82) is 0 Å². The van der Waals surface area contributed by atoms with Gasteiger partial charge in [-0.1, -0.05) is 0 Å². The molecular formula is C10H15N3O3S. The first-order valence-electron chi connectivity index (χ1n) is 5.10. The zero-order chi connectivity index (χ0) is 13.0. The summed E-state index contributed by atoms with van der Waals surface area (Å²) in [5.41, 5.74) is 5.96. The van der Waals surface area contributed by atoms with E-state index in [1.54, 1.807) is 19.4 Å². The maximum absolute atomic E-state index is 11.8. The molecule has 0 aliphatic rings. The molecule has 0 spiro atoms. The molecule has 0 aromatic carbocycles. The van der Waals surface area contributed by atoms with Crippen LogP contribution in [0.5, 0.6) is 0 Å². The van der Waals surface area contributed by atoms with E-state index in [2.05, 4.69) is 4.98 Å². The normalized spacial score (nSPS) is 12.2. The van der Waals surface area contributed by atoms with Crippen molar-refractivity contribution in [3.8, 4) is 0 Å². The number of aliphatic carboxylic acids is 1. The van der Waals surface area contributed by atoms with Gasteiger partial charge in [0.25, 0.3) is 5.91 Å². The first-order valence-corrected chi connectivity index (χ1v) is 5.98. The lowest BCUT2D eigenvalue weighted by atomic mass is 10.3. The van der Waals surface area contributed by atoms with E-state index in [0.717, 1.165) is 0 Å². The number of carbonyl (C=O) groups excluding carboxylic acids is 1. The number of carboxylic acid groups (broad SMARTS) is 1. The van der Waals surface area contributed by atoms with Gasteiger partial charge in [0.15, 0.2) is 0 Å². The van der Waals surface area contributed by atoms with E-state index in [9.17, 15) is 9.59 Å². The predicted molar refractivity (Wildman–Crippen MR) is 63.9 cm³/mol. The number of carboxylic acids is 1. The highest BCUT2D eigenvalue weighted by Crippen LogP contribution is 2.16. The van der Waals surface area contributed by atoms with Gasteiger partial charge in [0.05, 0.1) is 12.5 Å². The Hall–Kier alpha value is -1.47. The van der Waals surface area contributed by atoms with Crippen LogP contribution in [0.15, 0.2) is 5.38 Å². The molecule has 1 rings (SSSR count). The number of carbonyl (C=O) groups is 2. The quantitative estimate of drug-likeness (QED) is 0.809. The average Bonchev–Trinajstić information content (AvgIpc) is 2.73. The lowest BCUT2D eigenvalue weighted by Gasteiger charge is -2.14. The van der Waals surface area contributed by atoms with Gasteiger partial charge in [-0.15, -0.1) is 11.3 Å². The van der Waals surface area contributed by atoms with Crippen molar-refractivity contribution in [1.82, 2.24) is 9.88 Å². The smallest absolute Gasteiger partial charge is 0.305 e. The lowest BCUT2D eigenvalue weighted by Crippen LogP contribution is -2.29. The van der Waals surface area contributed by atoms with E-state index >= 15 is 0 Å². The number of aromatic nitrogens is 1. The number of hydrogen-bond donors (Lipinski definition) is 2. The molecule has 94 valence electrons. The van der Waals surface area contributed by atoms with Crippen molar-refractivity contribution >= 4 is 23.2 Å². The summed E-state index contributed by atoms with van der Waals surface area (Å²) in [7, 11) is 1.55. The summed E-state index contributed by atoms with van der Waals surface area (Å²) in [6.45, 7) is 1.96. The van der Waals surface area contributed by atoms with E-state index in [-0.39, 0.29) is 24.9 Å². The zero-order valence-corrected chi connectivity index (χ0v) is 10.5. The Morgan fingerprint density at radius 2 is 2.29 bits per heavy atom. The Morgan fingerprint density at radius 3 is 2.76 bits per heavy atom. The molecule has 0 saturated carbocycles. The van der Waals surface area contributed by atoms with E-state index < -0.39 is 5.97 Å². The van der Waals surface area contributed by atoms with Crippen LogP contribution in [0.2, 0.25) is 0 Å². The predicted octanol–water partition coefficient (Wildman–Crippen LogP) is 0.709. The molecule has 7 heteroatoms. The van der Waals surface area contributed by atoms with E-state index in [1.165, 1.54) is 16.2 Å². The summed E-state index contributed by atoms with van der Waals surface area (Å²) in [5, 5.41) is 10.9. The third-order valence-electron chi connectivity index (χ3n) is 2.14. The minimum atomic E-state index is -0.931. The van der Waals surface area contributed by atoms with Crippen LogP contribution in [0.4, 0.5) is 0 Å². The zero-order valence-electron chi connectivity index (χ0n) is 9.71. The highest BCUT2D eigenvalue weighted by molar-refractivity contribution is 7.09. The maximum Gasteiger partial charge on any atom is 0.305 e. The summed E-state index contributed by atoms with van der Waals surface area (Å²) in [5.74, 6) is -1.21. The largest absolute Gasteiger partial charge is 0.481 e. The molecule has 1 aromatic heterocycles. The molecule has 17 heavy (non-hydrogen) atoms. The fourth-order valence-corrected chi connectivity index (χ4v) is 1.91. The topological polar surface area (TPSA) is 96.5 Å². The van der Waals surface area contributed by atoms with Crippen molar-refractivity contribution < 1.29 is 14.7 Å². The number of thiazole rings is 1. The third-order valence-corrected chi connectivity index (χ3v) is 3.18. The Bertz CT molecular complexity index is 417. The highest BCUT2D eigenvalue weighted by atomic mass is 32.1. The van der Waals surface area contributed by atoms with Crippen molar-refractivity contribution in [2.75, 3.05) is 13.6 Å². The molecule has 1 amide bonds. The summed E-state index contributed by atoms with van der Waals surface area (Å²) in [6, 6.07) is -0.203. The van der Waals surface area contributed by atoms with Gasteiger partial charge in [0.1, 0.15) is 10.7 Å². The third kappa shape index (κ3) is 3.79. The van der Waals surface area contributed by atoms with E-state index in [4.69, 9.17) is 10.8 Å². The monoisotopic (exact) mass is 257 g/mol. The van der Waals surface area contributed by atoms with Gasteiger partial charge in [0.2, 0.25) is 0 Å². The molecular weight excluding hydrogens is 242 g/mol. The standard InChI is InChI=1S/C10H15N3O3S/c1-6(11)9-12-7(5-17-9)10(16)13(2)4-3-8(14)15/h5-6H,3-4,11H2,1-2H3,(H,14,15). The van der Waals surface area contributed by atoms with Crippen LogP contribution in [0, 0.1) is 0 Å². The Kier molecular flexibility index (Phi) is 4.59. The van der Waals surface area contributed by atoms with Crippen LogP contribution < -0.4 is 5.73 Å². The number of hydrogen-bond acceptors (Lipinski definition) is 5. The summed E-state index contributed by atoms with van der Waals surface area (Å²) in [6.07, 6.45) is -0.0769.